The third-order valence-electron chi connectivity index (χ3n) is 3.76. The van der Waals surface area contributed by atoms with Crippen LogP contribution in [0.5, 0.6) is 0 Å². The first-order valence-corrected chi connectivity index (χ1v) is 7.00. The second-order valence-corrected chi connectivity index (χ2v) is 5.32. The van der Waals surface area contributed by atoms with Crippen molar-refractivity contribution in [1.82, 2.24) is 24.4 Å². The predicted molar refractivity (Wildman–Crippen MR) is 77.1 cm³/mol. The number of likely N-dealkylation sites (N-methyl/N-ethyl adjacent to an activating group) is 1. The second kappa shape index (κ2) is 5.79. The summed E-state index contributed by atoms with van der Waals surface area (Å²) in [7, 11) is 3.50. The van der Waals surface area contributed by atoms with Gasteiger partial charge in [0.1, 0.15) is 0 Å². The van der Waals surface area contributed by atoms with Crippen LogP contribution in [-0.2, 0) is 11.3 Å². The summed E-state index contributed by atoms with van der Waals surface area (Å²) in [5, 5.41) is 4.45. The van der Waals surface area contributed by atoms with E-state index >= 15 is 0 Å². The Kier molecular flexibility index (Phi) is 3.85. The molecule has 0 atom stereocenters. The minimum Gasteiger partial charge on any atom is -0.465 e. The molecule has 112 valence electrons. The molecular weight excluding hydrogens is 270 g/mol. The van der Waals surface area contributed by atoms with Gasteiger partial charge in [-0.2, -0.15) is 0 Å². The number of pyridine rings is 1. The van der Waals surface area contributed by atoms with Crippen LogP contribution in [0, 0.1) is 0 Å². The summed E-state index contributed by atoms with van der Waals surface area (Å²) in [5.41, 5.74) is 1.22. The summed E-state index contributed by atoms with van der Waals surface area (Å²) in [6, 6.07) is 3.49. The van der Waals surface area contributed by atoms with Gasteiger partial charge in [0.05, 0.1) is 19.2 Å². The lowest BCUT2D eigenvalue weighted by molar-refractivity contribution is 0.0600. The first kappa shape index (κ1) is 14.0. The van der Waals surface area contributed by atoms with E-state index in [4.69, 9.17) is 4.74 Å². The van der Waals surface area contributed by atoms with Gasteiger partial charge in [-0.15, -0.1) is 5.10 Å². The van der Waals surface area contributed by atoms with E-state index in [0.29, 0.717) is 5.56 Å². The normalized spacial score (nSPS) is 17.2. The predicted octanol–water partition coefficient (Wildman–Crippen LogP) is 0.263. The first-order chi connectivity index (χ1) is 10.2. The van der Waals surface area contributed by atoms with Crippen molar-refractivity contribution >= 4 is 11.6 Å². The Balaban J connectivity index is 1.76. The summed E-state index contributed by atoms with van der Waals surface area (Å²) in [6.45, 7) is 4.93. The number of hydrogen-bond donors (Lipinski definition) is 0. The Morgan fingerprint density at radius 2 is 2.05 bits per heavy atom. The highest BCUT2D eigenvalue weighted by Crippen LogP contribution is 2.09. The molecule has 7 heteroatoms. The number of ether oxygens (including phenoxy) is 1. The fourth-order valence-electron chi connectivity index (χ4n) is 2.44. The van der Waals surface area contributed by atoms with E-state index in [-0.39, 0.29) is 5.97 Å². The van der Waals surface area contributed by atoms with Crippen molar-refractivity contribution in [3.63, 3.8) is 0 Å². The molecule has 0 N–H and O–H groups in total. The number of esters is 1. The number of hydrogen-bond acceptors (Lipinski definition) is 6. The van der Waals surface area contributed by atoms with Crippen molar-refractivity contribution in [2.45, 2.75) is 6.54 Å². The smallest absolute Gasteiger partial charge is 0.339 e. The van der Waals surface area contributed by atoms with E-state index < -0.39 is 0 Å². The fourth-order valence-corrected chi connectivity index (χ4v) is 2.44. The molecule has 0 aliphatic carbocycles. The zero-order chi connectivity index (χ0) is 14.8. The van der Waals surface area contributed by atoms with E-state index in [0.717, 1.165) is 44.2 Å². The molecule has 0 amide bonds. The molecule has 1 saturated heterocycles. The van der Waals surface area contributed by atoms with Crippen LogP contribution in [-0.4, -0.2) is 70.7 Å². The summed E-state index contributed by atoms with van der Waals surface area (Å²) in [6.07, 6.45) is 1.65. The van der Waals surface area contributed by atoms with Crippen molar-refractivity contribution in [2.24, 2.45) is 0 Å². The van der Waals surface area contributed by atoms with Gasteiger partial charge < -0.3 is 9.64 Å². The van der Waals surface area contributed by atoms with Crippen LogP contribution in [0.2, 0.25) is 0 Å². The van der Waals surface area contributed by atoms with Gasteiger partial charge in [-0.1, -0.05) is 0 Å². The molecule has 0 aromatic carbocycles. The molecule has 2 aromatic rings. The molecular formula is C14H19N5O2. The largest absolute Gasteiger partial charge is 0.465 e. The topological polar surface area (TPSA) is 63.0 Å². The molecule has 3 heterocycles. The van der Waals surface area contributed by atoms with Crippen LogP contribution in [0.1, 0.15) is 16.2 Å². The zero-order valence-corrected chi connectivity index (χ0v) is 12.3. The van der Waals surface area contributed by atoms with E-state index in [1.807, 2.05) is 0 Å². The van der Waals surface area contributed by atoms with Crippen molar-refractivity contribution in [3.05, 3.63) is 29.7 Å². The quantitative estimate of drug-likeness (QED) is 0.756. The van der Waals surface area contributed by atoms with Crippen LogP contribution >= 0.6 is 0 Å². The highest BCUT2D eigenvalue weighted by molar-refractivity contribution is 5.89. The lowest BCUT2D eigenvalue weighted by Gasteiger charge is -2.31. The van der Waals surface area contributed by atoms with Gasteiger partial charge in [-0.05, 0) is 19.2 Å². The summed E-state index contributed by atoms with van der Waals surface area (Å²) < 4.78 is 6.35. The Hall–Kier alpha value is -1.99. The molecule has 0 bridgehead atoms. The van der Waals surface area contributed by atoms with Gasteiger partial charge in [-0.25, -0.2) is 14.3 Å². The highest BCUT2D eigenvalue weighted by atomic mass is 16.5. The molecule has 7 nitrogen and oxygen atoms in total. The summed E-state index contributed by atoms with van der Waals surface area (Å²) in [4.78, 5) is 20.7. The molecule has 1 aliphatic heterocycles. The monoisotopic (exact) mass is 289 g/mol. The number of carbonyl (C=O) groups is 1. The lowest BCUT2D eigenvalue weighted by atomic mass is 10.3. The Bertz CT molecular complexity index is 646. The van der Waals surface area contributed by atoms with Crippen LogP contribution in [0.3, 0.4) is 0 Å². The van der Waals surface area contributed by atoms with Crippen molar-refractivity contribution in [2.75, 3.05) is 40.3 Å². The highest BCUT2D eigenvalue weighted by Gasteiger charge is 2.16. The zero-order valence-electron chi connectivity index (χ0n) is 12.3. The van der Waals surface area contributed by atoms with Crippen molar-refractivity contribution in [3.8, 4) is 0 Å². The molecule has 0 unspecified atom stereocenters. The molecule has 3 rings (SSSR count). The Morgan fingerprint density at radius 1 is 1.29 bits per heavy atom. The average Bonchev–Trinajstić information content (AvgIpc) is 2.90. The SMILES string of the molecule is COC(=O)c1ccc2nc(CN3CCN(C)CC3)nn2c1. The standard InChI is InChI=1S/C14H19N5O2/c1-17-5-7-18(8-6-17)10-12-15-13-4-3-11(14(20)21-2)9-19(13)16-12/h3-4,9H,5-8,10H2,1-2H3. The third-order valence-corrected chi connectivity index (χ3v) is 3.76. The molecule has 1 fully saturated rings. The van der Waals surface area contributed by atoms with E-state index in [9.17, 15) is 4.79 Å². The number of methoxy groups -OCH3 is 1. The van der Waals surface area contributed by atoms with Crippen LogP contribution in [0.25, 0.3) is 5.65 Å². The maximum absolute atomic E-state index is 11.5. The van der Waals surface area contributed by atoms with Gasteiger partial charge in [-0.3, -0.25) is 4.90 Å². The maximum Gasteiger partial charge on any atom is 0.339 e. The Morgan fingerprint density at radius 3 is 2.76 bits per heavy atom. The van der Waals surface area contributed by atoms with Crippen molar-refractivity contribution in [1.29, 1.82) is 0 Å². The number of aromatic nitrogens is 3. The van der Waals surface area contributed by atoms with Gasteiger partial charge in [0.25, 0.3) is 0 Å². The van der Waals surface area contributed by atoms with Gasteiger partial charge >= 0.3 is 5.97 Å². The number of carbonyl (C=O) groups excluding carboxylic acids is 1. The summed E-state index contributed by atoms with van der Waals surface area (Å²) in [5.74, 6) is 0.412. The second-order valence-electron chi connectivity index (χ2n) is 5.32. The molecule has 0 saturated carbocycles. The third kappa shape index (κ3) is 3.03. The number of rotatable bonds is 3. The summed E-state index contributed by atoms with van der Waals surface area (Å²) >= 11 is 0. The molecule has 2 aromatic heterocycles. The number of nitrogens with zero attached hydrogens (tertiary/aromatic N) is 5. The minimum atomic E-state index is -0.368. The Labute approximate surface area is 123 Å². The average molecular weight is 289 g/mol. The maximum atomic E-state index is 11.5. The number of fused-ring (bicyclic) bond motifs is 1. The minimum absolute atomic E-state index is 0.368. The number of piperazine rings is 1. The molecule has 0 spiro atoms. The van der Waals surface area contributed by atoms with E-state index in [1.54, 1.807) is 22.8 Å². The van der Waals surface area contributed by atoms with Crippen LogP contribution < -0.4 is 0 Å². The van der Waals surface area contributed by atoms with Crippen molar-refractivity contribution < 1.29 is 9.53 Å². The van der Waals surface area contributed by atoms with Crippen LogP contribution in [0.4, 0.5) is 0 Å². The fraction of sp³-hybridized carbons (Fsp3) is 0.500. The molecule has 0 radical (unpaired) electrons. The van der Waals surface area contributed by atoms with Gasteiger partial charge in [0.15, 0.2) is 11.5 Å². The first-order valence-electron chi connectivity index (χ1n) is 7.00. The molecule has 21 heavy (non-hydrogen) atoms. The van der Waals surface area contributed by atoms with Gasteiger partial charge in [0.2, 0.25) is 0 Å². The molecule has 1 aliphatic rings. The van der Waals surface area contributed by atoms with Gasteiger partial charge in [0, 0.05) is 32.4 Å². The lowest BCUT2D eigenvalue weighted by Crippen LogP contribution is -2.44. The van der Waals surface area contributed by atoms with E-state index in [1.165, 1.54) is 7.11 Å². The van der Waals surface area contributed by atoms with E-state index in [2.05, 4.69) is 26.9 Å². The van der Waals surface area contributed by atoms with Crippen LogP contribution in [0.15, 0.2) is 18.3 Å².